The van der Waals surface area contributed by atoms with E-state index in [1.165, 1.54) is 12.8 Å². The molecule has 4 rings (SSSR count). The first-order valence-electron chi connectivity index (χ1n) is 10.7. The number of nitrogens with zero attached hydrogens (tertiary/aromatic N) is 1. The zero-order valence-corrected chi connectivity index (χ0v) is 19.1. The molecule has 1 saturated carbocycles. The second kappa shape index (κ2) is 10.2. The molecule has 6 heteroatoms. The minimum atomic E-state index is -0.231. The predicted molar refractivity (Wildman–Crippen MR) is 129 cm³/mol. The van der Waals surface area contributed by atoms with Crippen LogP contribution in [0.15, 0.2) is 72.8 Å². The fourth-order valence-corrected chi connectivity index (χ4v) is 4.01. The summed E-state index contributed by atoms with van der Waals surface area (Å²) in [6.45, 7) is 1.11. The molecule has 0 bridgehead atoms. The number of carbonyl (C=O) groups excluding carboxylic acids is 2. The van der Waals surface area contributed by atoms with E-state index in [-0.39, 0.29) is 18.2 Å². The zero-order valence-electron chi connectivity index (χ0n) is 17.6. The molecule has 164 valence electrons. The van der Waals surface area contributed by atoms with Gasteiger partial charge in [-0.25, -0.2) is 0 Å². The Morgan fingerprint density at radius 3 is 2.38 bits per heavy atom. The molecular weight excluding hydrogens is 443 g/mol. The molecule has 1 fully saturated rings. The number of amides is 2. The Kier molecular flexibility index (Phi) is 7.13. The third kappa shape index (κ3) is 5.90. The van der Waals surface area contributed by atoms with E-state index in [9.17, 15) is 9.59 Å². The highest BCUT2D eigenvalue weighted by Crippen LogP contribution is 2.28. The second-order valence-electron chi connectivity index (χ2n) is 8.10. The molecule has 3 aromatic carbocycles. The van der Waals surface area contributed by atoms with E-state index in [1.54, 1.807) is 23.1 Å². The van der Waals surface area contributed by atoms with Crippen LogP contribution < -0.4 is 10.2 Å². The molecular formula is C26H24Cl2N2O2. The van der Waals surface area contributed by atoms with E-state index in [1.807, 2.05) is 54.6 Å². The standard InChI is InChI=1S/C26H24Cl2N2O2/c27-21-11-12-23(24(28)15-21)26(32)30(17-19-5-2-1-3-6-19)22-8-4-7-20(13-22)14-25(31)29-16-18-9-10-18/h1-8,11-13,15,18H,9-10,14,16-17H2,(H,29,31). The molecule has 1 aliphatic carbocycles. The van der Waals surface area contributed by atoms with Gasteiger partial charge in [0.1, 0.15) is 0 Å². The first kappa shape index (κ1) is 22.4. The molecule has 0 heterocycles. The Balaban J connectivity index is 1.60. The van der Waals surface area contributed by atoms with E-state index in [0.717, 1.165) is 17.7 Å². The van der Waals surface area contributed by atoms with E-state index in [4.69, 9.17) is 23.2 Å². The van der Waals surface area contributed by atoms with Gasteiger partial charge < -0.3 is 10.2 Å². The highest BCUT2D eigenvalue weighted by atomic mass is 35.5. The summed E-state index contributed by atoms with van der Waals surface area (Å²) < 4.78 is 0. The lowest BCUT2D eigenvalue weighted by atomic mass is 10.1. The van der Waals surface area contributed by atoms with Crippen LogP contribution >= 0.6 is 23.2 Å². The van der Waals surface area contributed by atoms with Gasteiger partial charge >= 0.3 is 0 Å². The van der Waals surface area contributed by atoms with Gasteiger partial charge in [-0.05, 0) is 60.2 Å². The topological polar surface area (TPSA) is 49.4 Å². The van der Waals surface area contributed by atoms with Crippen LogP contribution in [0.1, 0.15) is 34.3 Å². The molecule has 32 heavy (non-hydrogen) atoms. The monoisotopic (exact) mass is 466 g/mol. The lowest BCUT2D eigenvalue weighted by Crippen LogP contribution is -2.31. The summed E-state index contributed by atoms with van der Waals surface area (Å²) in [5, 5.41) is 3.77. The Hall–Kier alpha value is -2.82. The number of hydrogen-bond donors (Lipinski definition) is 1. The summed E-state index contributed by atoms with van der Waals surface area (Å²) >= 11 is 12.4. The Morgan fingerprint density at radius 1 is 0.906 bits per heavy atom. The molecule has 0 aromatic heterocycles. The highest BCUT2D eigenvalue weighted by molar-refractivity contribution is 6.37. The van der Waals surface area contributed by atoms with Crippen molar-refractivity contribution in [2.24, 2.45) is 5.92 Å². The smallest absolute Gasteiger partial charge is 0.260 e. The number of nitrogens with one attached hydrogen (secondary N) is 1. The summed E-state index contributed by atoms with van der Waals surface area (Å²) in [6.07, 6.45) is 2.66. The predicted octanol–water partition coefficient (Wildman–Crippen LogP) is 5.91. The fraction of sp³-hybridized carbons (Fsp3) is 0.231. The van der Waals surface area contributed by atoms with E-state index in [2.05, 4.69) is 5.32 Å². The van der Waals surface area contributed by atoms with Crippen molar-refractivity contribution in [3.05, 3.63) is 99.5 Å². The number of benzene rings is 3. The van der Waals surface area contributed by atoms with Gasteiger partial charge in [0.05, 0.1) is 23.6 Å². The first-order chi connectivity index (χ1) is 15.5. The van der Waals surface area contributed by atoms with Crippen LogP contribution in [-0.2, 0) is 17.8 Å². The maximum atomic E-state index is 13.5. The van der Waals surface area contributed by atoms with Crippen molar-refractivity contribution in [1.82, 2.24) is 5.32 Å². The van der Waals surface area contributed by atoms with Crippen molar-refractivity contribution in [2.45, 2.75) is 25.8 Å². The molecule has 0 saturated heterocycles. The SMILES string of the molecule is O=C(Cc1cccc(N(Cc2ccccc2)C(=O)c2ccc(Cl)cc2Cl)c1)NCC1CC1. The van der Waals surface area contributed by atoms with Gasteiger partial charge in [-0.2, -0.15) is 0 Å². The molecule has 1 N–H and O–H groups in total. The van der Waals surface area contributed by atoms with Crippen molar-refractivity contribution in [1.29, 1.82) is 0 Å². The Bertz CT molecular complexity index is 1110. The molecule has 0 atom stereocenters. The van der Waals surface area contributed by atoms with Gasteiger partial charge in [0.2, 0.25) is 5.91 Å². The van der Waals surface area contributed by atoms with Crippen molar-refractivity contribution in [3.8, 4) is 0 Å². The fourth-order valence-electron chi connectivity index (χ4n) is 3.52. The van der Waals surface area contributed by atoms with Gasteiger partial charge in [-0.1, -0.05) is 65.7 Å². The normalized spacial score (nSPS) is 12.9. The van der Waals surface area contributed by atoms with Crippen molar-refractivity contribution in [2.75, 3.05) is 11.4 Å². The van der Waals surface area contributed by atoms with Crippen LogP contribution in [0.3, 0.4) is 0 Å². The number of halogens is 2. The third-order valence-corrected chi connectivity index (χ3v) is 6.01. The van der Waals surface area contributed by atoms with E-state index < -0.39 is 0 Å². The number of anilines is 1. The van der Waals surface area contributed by atoms with E-state index >= 15 is 0 Å². The maximum absolute atomic E-state index is 13.5. The second-order valence-corrected chi connectivity index (χ2v) is 8.94. The van der Waals surface area contributed by atoms with Crippen molar-refractivity contribution < 1.29 is 9.59 Å². The average Bonchev–Trinajstić information content (AvgIpc) is 3.61. The molecule has 0 radical (unpaired) electrons. The Morgan fingerprint density at radius 2 is 1.66 bits per heavy atom. The minimum Gasteiger partial charge on any atom is -0.356 e. The minimum absolute atomic E-state index is 0.00395. The summed E-state index contributed by atoms with van der Waals surface area (Å²) in [7, 11) is 0. The van der Waals surface area contributed by atoms with Gasteiger partial charge in [0.25, 0.3) is 5.91 Å². The van der Waals surface area contributed by atoms with Crippen LogP contribution in [-0.4, -0.2) is 18.4 Å². The third-order valence-electron chi connectivity index (χ3n) is 5.46. The quantitative estimate of drug-likeness (QED) is 0.448. The lowest BCUT2D eigenvalue weighted by Gasteiger charge is -2.24. The molecule has 0 unspecified atom stereocenters. The van der Waals surface area contributed by atoms with Crippen molar-refractivity contribution in [3.63, 3.8) is 0 Å². The van der Waals surface area contributed by atoms with Gasteiger partial charge in [-0.3, -0.25) is 9.59 Å². The van der Waals surface area contributed by atoms with Crippen molar-refractivity contribution >= 4 is 40.7 Å². The maximum Gasteiger partial charge on any atom is 0.260 e. The summed E-state index contributed by atoms with van der Waals surface area (Å²) in [5.74, 6) is 0.398. The van der Waals surface area contributed by atoms with Gasteiger partial charge in [0.15, 0.2) is 0 Å². The van der Waals surface area contributed by atoms with Crippen LogP contribution in [0.25, 0.3) is 0 Å². The number of hydrogen-bond acceptors (Lipinski definition) is 2. The van der Waals surface area contributed by atoms with Gasteiger partial charge in [-0.15, -0.1) is 0 Å². The van der Waals surface area contributed by atoms with Gasteiger partial charge in [0, 0.05) is 17.3 Å². The molecule has 2 amide bonds. The molecule has 4 nitrogen and oxygen atoms in total. The van der Waals surface area contributed by atoms with Crippen LogP contribution in [0.5, 0.6) is 0 Å². The summed E-state index contributed by atoms with van der Waals surface area (Å²) in [6, 6.07) is 22.2. The molecule has 0 aliphatic heterocycles. The zero-order chi connectivity index (χ0) is 22.5. The van der Waals surface area contributed by atoms with Crippen LogP contribution in [0.2, 0.25) is 10.0 Å². The largest absolute Gasteiger partial charge is 0.356 e. The molecule has 3 aromatic rings. The Labute approximate surface area is 198 Å². The molecule has 1 aliphatic rings. The molecule has 0 spiro atoms. The summed E-state index contributed by atoms with van der Waals surface area (Å²) in [5.41, 5.74) is 2.92. The highest BCUT2D eigenvalue weighted by Gasteiger charge is 2.23. The number of rotatable bonds is 8. The number of carbonyl (C=O) groups is 2. The van der Waals surface area contributed by atoms with Crippen LogP contribution in [0, 0.1) is 5.92 Å². The lowest BCUT2D eigenvalue weighted by molar-refractivity contribution is -0.120. The van der Waals surface area contributed by atoms with Crippen LogP contribution in [0.4, 0.5) is 5.69 Å². The van der Waals surface area contributed by atoms with E-state index in [0.29, 0.717) is 33.8 Å². The average molecular weight is 467 g/mol. The first-order valence-corrected chi connectivity index (χ1v) is 11.4. The summed E-state index contributed by atoms with van der Waals surface area (Å²) in [4.78, 5) is 27.5.